The van der Waals surface area contributed by atoms with Gasteiger partial charge in [0.1, 0.15) is 8.07 Å². The lowest BCUT2D eigenvalue weighted by Crippen LogP contribution is -2.58. The van der Waals surface area contributed by atoms with Gasteiger partial charge in [0.05, 0.1) is 6.07 Å². The van der Waals surface area contributed by atoms with Crippen LogP contribution < -0.4 is 10.4 Å². The molecule has 0 saturated carbocycles. The maximum Gasteiger partial charge on any atom is 0.132 e. The van der Waals surface area contributed by atoms with Crippen LogP contribution in [0.1, 0.15) is 26.2 Å². The highest BCUT2D eigenvalue weighted by molar-refractivity contribution is 7.02. The van der Waals surface area contributed by atoms with E-state index in [1.54, 1.807) is 0 Å². The topological polar surface area (TPSA) is 23.8 Å². The number of benzene rings is 2. The van der Waals surface area contributed by atoms with Crippen molar-refractivity contribution in [1.82, 2.24) is 0 Å². The first kappa shape index (κ1) is 15.5. The van der Waals surface area contributed by atoms with Crippen molar-refractivity contribution >= 4 is 18.4 Å². The SMILES string of the molecule is CCCCC(C#N)[Si](C)(c1ccccc1)c1ccccc1. The molecular weight excluding hydrogens is 270 g/mol. The molecule has 0 aromatic heterocycles. The van der Waals surface area contributed by atoms with E-state index in [-0.39, 0.29) is 5.54 Å². The van der Waals surface area contributed by atoms with Crippen LogP contribution in [-0.2, 0) is 0 Å². The Morgan fingerprint density at radius 3 is 1.81 bits per heavy atom. The first-order valence-electron chi connectivity index (χ1n) is 7.74. The van der Waals surface area contributed by atoms with Crippen LogP contribution in [0.2, 0.25) is 12.1 Å². The zero-order valence-electron chi connectivity index (χ0n) is 12.9. The number of nitrogens with zero attached hydrogens (tertiary/aromatic N) is 1. The summed E-state index contributed by atoms with van der Waals surface area (Å²) in [6.07, 6.45) is 3.27. The fourth-order valence-electron chi connectivity index (χ4n) is 3.03. The molecule has 2 aromatic rings. The number of hydrogen-bond acceptors (Lipinski definition) is 1. The van der Waals surface area contributed by atoms with E-state index in [4.69, 9.17) is 0 Å². The van der Waals surface area contributed by atoms with Crippen molar-refractivity contribution in [2.75, 3.05) is 0 Å². The maximum atomic E-state index is 9.80. The second-order valence-electron chi connectivity index (χ2n) is 5.76. The minimum absolute atomic E-state index is 0.127. The molecule has 1 nitrogen and oxygen atoms in total. The molecule has 0 bridgehead atoms. The molecule has 0 N–H and O–H groups in total. The average molecular weight is 293 g/mol. The van der Waals surface area contributed by atoms with Gasteiger partial charge in [0, 0.05) is 5.54 Å². The molecule has 2 rings (SSSR count). The molecular formula is C19H23NSi. The standard InChI is InChI=1S/C19H23NSi/c1-3-4-11-19(16-20)21(2,17-12-7-5-8-13-17)18-14-9-6-10-15-18/h5-10,12-15,19H,3-4,11H2,1-2H3. The van der Waals surface area contributed by atoms with Gasteiger partial charge in [0.25, 0.3) is 0 Å². The van der Waals surface area contributed by atoms with Crippen molar-refractivity contribution in [1.29, 1.82) is 5.26 Å². The van der Waals surface area contributed by atoms with Crippen LogP contribution in [0, 0.1) is 11.3 Å². The van der Waals surface area contributed by atoms with Crippen molar-refractivity contribution in [3.63, 3.8) is 0 Å². The largest absolute Gasteiger partial charge is 0.198 e. The Labute approximate surface area is 129 Å². The first-order chi connectivity index (χ1) is 10.2. The van der Waals surface area contributed by atoms with Crippen LogP contribution in [0.3, 0.4) is 0 Å². The Morgan fingerprint density at radius 2 is 1.43 bits per heavy atom. The van der Waals surface area contributed by atoms with Gasteiger partial charge in [-0.2, -0.15) is 5.26 Å². The summed E-state index contributed by atoms with van der Waals surface area (Å²) in [5.74, 6) is 0. The van der Waals surface area contributed by atoms with E-state index in [0.29, 0.717) is 0 Å². The lowest BCUT2D eigenvalue weighted by atomic mass is 10.2. The number of rotatable bonds is 6. The fraction of sp³-hybridized carbons (Fsp3) is 0.316. The second-order valence-corrected chi connectivity index (χ2v) is 10.0. The van der Waals surface area contributed by atoms with Crippen molar-refractivity contribution in [2.45, 2.75) is 38.3 Å². The average Bonchev–Trinajstić information content (AvgIpc) is 2.57. The molecule has 0 spiro atoms. The van der Waals surface area contributed by atoms with Gasteiger partial charge in [0.15, 0.2) is 0 Å². The van der Waals surface area contributed by atoms with Crippen LogP contribution >= 0.6 is 0 Å². The van der Waals surface area contributed by atoms with E-state index >= 15 is 0 Å². The predicted octanol–water partition coefficient (Wildman–Crippen LogP) is 3.96. The zero-order valence-corrected chi connectivity index (χ0v) is 13.9. The monoisotopic (exact) mass is 293 g/mol. The third-order valence-corrected chi connectivity index (χ3v) is 9.32. The third kappa shape index (κ3) is 3.25. The molecule has 0 aliphatic carbocycles. The van der Waals surface area contributed by atoms with Crippen LogP contribution in [0.15, 0.2) is 60.7 Å². The Morgan fingerprint density at radius 1 is 0.952 bits per heavy atom. The second kappa shape index (κ2) is 7.24. The van der Waals surface area contributed by atoms with Gasteiger partial charge in [-0.05, 0) is 6.42 Å². The summed E-state index contributed by atoms with van der Waals surface area (Å²) >= 11 is 0. The minimum Gasteiger partial charge on any atom is -0.198 e. The molecule has 1 unspecified atom stereocenters. The van der Waals surface area contributed by atoms with E-state index < -0.39 is 8.07 Å². The fourth-order valence-corrected chi connectivity index (χ4v) is 6.98. The predicted molar refractivity (Wildman–Crippen MR) is 92.7 cm³/mol. The summed E-state index contributed by atoms with van der Waals surface area (Å²) in [6.45, 7) is 4.54. The highest BCUT2D eigenvalue weighted by atomic mass is 28.3. The summed E-state index contributed by atoms with van der Waals surface area (Å²) in [4.78, 5) is 0. The molecule has 108 valence electrons. The van der Waals surface area contributed by atoms with E-state index in [0.717, 1.165) is 19.3 Å². The van der Waals surface area contributed by atoms with E-state index in [1.807, 2.05) is 0 Å². The van der Waals surface area contributed by atoms with Crippen LogP contribution in [0.4, 0.5) is 0 Å². The molecule has 2 aromatic carbocycles. The number of unbranched alkanes of at least 4 members (excludes halogenated alkanes) is 1. The Bertz CT molecular complexity index is 546. The molecule has 0 amide bonds. The first-order valence-corrected chi connectivity index (χ1v) is 10.3. The molecule has 21 heavy (non-hydrogen) atoms. The van der Waals surface area contributed by atoms with Gasteiger partial charge in [-0.1, -0.05) is 97.3 Å². The molecule has 1 atom stereocenters. The van der Waals surface area contributed by atoms with Crippen LogP contribution in [0.5, 0.6) is 0 Å². The summed E-state index contributed by atoms with van der Waals surface area (Å²) in [6, 6.07) is 23.9. The normalized spacial score (nSPS) is 12.6. The molecule has 0 heterocycles. The molecule has 0 aliphatic heterocycles. The molecule has 0 saturated heterocycles. The Balaban J connectivity index is 2.51. The van der Waals surface area contributed by atoms with Crippen molar-refractivity contribution in [3.05, 3.63) is 60.7 Å². The van der Waals surface area contributed by atoms with E-state index in [1.165, 1.54) is 10.4 Å². The van der Waals surface area contributed by atoms with Gasteiger partial charge in [-0.25, -0.2) is 0 Å². The van der Waals surface area contributed by atoms with E-state index in [2.05, 4.69) is 80.2 Å². The zero-order chi connectivity index (χ0) is 15.1. The lowest BCUT2D eigenvalue weighted by Gasteiger charge is -2.33. The minimum atomic E-state index is -2.03. The van der Waals surface area contributed by atoms with E-state index in [9.17, 15) is 5.26 Å². The molecule has 0 radical (unpaired) electrons. The van der Waals surface area contributed by atoms with Gasteiger partial charge in [-0.3, -0.25) is 0 Å². The smallest absolute Gasteiger partial charge is 0.132 e. The van der Waals surface area contributed by atoms with Crippen molar-refractivity contribution < 1.29 is 0 Å². The Kier molecular flexibility index (Phi) is 5.36. The third-order valence-electron chi connectivity index (χ3n) is 4.45. The number of hydrogen-bond donors (Lipinski definition) is 0. The maximum absolute atomic E-state index is 9.80. The molecule has 0 fully saturated rings. The summed E-state index contributed by atoms with van der Waals surface area (Å²) < 4.78 is 0. The summed E-state index contributed by atoms with van der Waals surface area (Å²) in [5.41, 5.74) is 0.127. The Hall–Kier alpha value is -1.85. The molecule has 0 aliphatic rings. The van der Waals surface area contributed by atoms with Gasteiger partial charge in [-0.15, -0.1) is 0 Å². The lowest BCUT2D eigenvalue weighted by molar-refractivity contribution is 0.723. The summed E-state index contributed by atoms with van der Waals surface area (Å²) in [7, 11) is -2.03. The van der Waals surface area contributed by atoms with Gasteiger partial charge >= 0.3 is 0 Å². The quantitative estimate of drug-likeness (QED) is 0.740. The van der Waals surface area contributed by atoms with Gasteiger partial charge < -0.3 is 0 Å². The van der Waals surface area contributed by atoms with Crippen LogP contribution in [-0.4, -0.2) is 8.07 Å². The highest BCUT2D eigenvalue weighted by Crippen LogP contribution is 2.27. The highest BCUT2D eigenvalue weighted by Gasteiger charge is 2.39. The van der Waals surface area contributed by atoms with Crippen molar-refractivity contribution in [3.8, 4) is 6.07 Å². The number of nitriles is 1. The molecule has 2 heteroatoms. The van der Waals surface area contributed by atoms with Crippen LogP contribution in [0.25, 0.3) is 0 Å². The van der Waals surface area contributed by atoms with Crippen molar-refractivity contribution in [2.24, 2.45) is 0 Å². The van der Waals surface area contributed by atoms with Gasteiger partial charge in [0.2, 0.25) is 0 Å². The summed E-state index contributed by atoms with van der Waals surface area (Å²) in [5, 5.41) is 12.5.